The summed E-state index contributed by atoms with van der Waals surface area (Å²) in [6.07, 6.45) is 5.27. The molecule has 1 aromatic heterocycles. The monoisotopic (exact) mass is 430 g/mol. The van der Waals surface area contributed by atoms with Crippen molar-refractivity contribution in [1.29, 1.82) is 0 Å². The van der Waals surface area contributed by atoms with Crippen molar-refractivity contribution >= 4 is 29.1 Å². The number of hydrogen-bond acceptors (Lipinski definition) is 6. The number of ether oxygens (including phenoxy) is 1. The first-order valence-electron chi connectivity index (χ1n) is 10.3. The molecule has 1 atom stereocenters. The molecule has 2 fully saturated rings. The van der Waals surface area contributed by atoms with Crippen LogP contribution >= 0.6 is 11.6 Å². The lowest BCUT2D eigenvalue weighted by atomic mass is 10.1. The Bertz CT molecular complexity index is 890. The molecule has 30 heavy (non-hydrogen) atoms. The van der Waals surface area contributed by atoms with Crippen molar-refractivity contribution in [1.82, 2.24) is 20.2 Å². The Balaban J connectivity index is 1.42. The molecule has 160 valence electrons. The maximum Gasteiger partial charge on any atom is 0.320 e. The Morgan fingerprint density at radius 3 is 2.83 bits per heavy atom. The van der Waals surface area contributed by atoms with E-state index in [2.05, 4.69) is 37.4 Å². The number of aromatic nitrogens is 2. The molecule has 9 heteroatoms. The van der Waals surface area contributed by atoms with E-state index in [4.69, 9.17) is 16.3 Å². The van der Waals surface area contributed by atoms with Crippen molar-refractivity contribution in [2.45, 2.75) is 18.9 Å². The molecule has 8 nitrogen and oxygen atoms in total. The highest BCUT2D eigenvalue weighted by Crippen LogP contribution is 2.31. The maximum absolute atomic E-state index is 12.4. The molecule has 0 aliphatic carbocycles. The van der Waals surface area contributed by atoms with E-state index in [0.29, 0.717) is 29.7 Å². The Kier molecular flexibility index (Phi) is 6.66. The number of piperidine rings is 1. The second kappa shape index (κ2) is 9.59. The van der Waals surface area contributed by atoms with Crippen LogP contribution < -0.4 is 15.5 Å². The average molecular weight is 431 g/mol. The molecule has 3 heterocycles. The van der Waals surface area contributed by atoms with Gasteiger partial charge < -0.3 is 19.9 Å². The molecule has 2 N–H and O–H groups in total. The van der Waals surface area contributed by atoms with Crippen molar-refractivity contribution in [3.05, 3.63) is 35.6 Å². The first kappa shape index (κ1) is 20.8. The van der Waals surface area contributed by atoms with Gasteiger partial charge in [0, 0.05) is 31.2 Å². The summed E-state index contributed by atoms with van der Waals surface area (Å²) >= 11 is 6.54. The van der Waals surface area contributed by atoms with Crippen molar-refractivity contribution in [3.8, 4) is 11.3 Å². The third-order valence-electron chi connectivity index (χ3n) is 5.43. The highest BCUT2D eigenvalue weighted by atomic mass is 35.5. The van der Waals surface area contributed by atoms with Crippen LogP contribution in [0.4, 0.5) is 16.3 Å². The summed E-state index contributed by atoms with van der Waals surface area (Å²) in [5, 5.41) is 6.47. The predicted octanol–water partition coefficient (Wildman–Crippen LogP) is 2.85. The average Bonchev–Trinajstić information content (AvgIpc) is 2.74. The molecule has 2 aromatic rings. The van der Waals surface area contributed by atoms with Gasteiger partial charge in [-0.05, 0) is 38.6 Å². The molecule has 0 spiro atoms. The largest absolute Gasteiger partial charge is 0.378 e. The van der Waals surface area contributed by atoms with Gasteiger partial charge >= 0.3 is 6.03 Å². The number of carbonyl (C=O) groups is 1. The molecule has 0 saturated carbocycles. The topological polar surface area (TPSA) is 82.6 Å². The number of nitrogens with zero attached hydrogens (tertiary/aromatic N) is 4. The lowest BCUT2D eigenvalue weighted by Crippen LogP contribution is -2.47. The van der Waals surface area contributed by atoms with Gasteiger partial charge in [-0.1, -0.05) is 17.7 Å². The van der Waals surface area contributed by atoms with E-state index in [0.717, 1.165) is 50.3 Å². The molecule has 0 bridgehead atoms. The number of likely N-dealkylation sites (tertiary alicyclic amines) is 1. The van der Waals surface area contributed by atoms with Gasteiger partial charge in [-0.3, -0.25) is 10.3 Å². The second-order valence-electron chi connectivity index (χ2n) is 7.76. The molecule has 2 saturated heterocycles. The van der Waals surface area contributed by atoms with Crippen LogP contribution in [0.1, 0.15) is 12.8 Å². The van der Waals surface area contributed by atoms with Crippen LogP contribution in [0.3, 0.4) is 0 Å². The van der Waals surface area contributed by atoms with Crippen LogP contribution in [0.5, 0.6) is 0 Å². The molecule has 1 aromatic carbocycles. The van der Waals surface area contributed by atoms with Crippen molar-refractivity contribution in [2.75, 3.05) is 56.7 Å². The first-order chi connectivity index (χ1) is 14.6. The zero-order chi connectivity index (χ0) is 20.9. The minimum absolute atomic E-state index is 0.145. The lowest BCUT2D eigenvalue weighted by molar-refractivity contribution is 0.122. The lowest BCUT2D eigenvalue weighted by Gasteiger charge is -2.30. The van der Waals surface area contributed by atoms with E-state index in [1.54, 1.807) is 12.4 Å². The second-order valence-corrected chi connectivity index (χ2v) is 8.16. The van der Waals surface area contributed by atoms with Crippen LogP contribution in [-0.4, -0.2) is 73.4 Å². The molecule has 0 unspecified atom stereocenters. The molecular weight excluding hydrogens is 404 g/mol. The number of rotatable bonds is 4. The van der Waals surface area contributed by atoms with E-state index >= 15 is 0 Å². The van der Waals surface area contributed by atoms with Gasteiger partial charge in [0.05, 0.1) is 42.0 Å². The van der Waals surface area contributed by atoms with Gasteiger partial charge in [0.1, 0.15) is 0 Å². The van der Waals surface area contributed by atoms with Crippen LogP contribution in [0.25, 0.3) is 11.3 Å². The number of urea groups is 1. The summed E-state index contributed by atoms with van der Waals surface area (Å²) in [5.74, 6) is 0.405. The van der Waals surface area contributed by atoms with Crippen molar-refractivity contribution < 1.29 is 9.53 Å². The van der Waals surface area contributed by atoms with E-state index in [9.17, 15) is 4.79 Å². The summed E-state index contributed by atoms with van der Waals surface area (Å²) in [6, 6.07) is 5.74. The van der Waals surface area contributed by atoms with E-state index in [1.807, 2.05) is 18.2 Å². The summed E-state index contributed by atoms with van der Waals surface area (Å²) in [4.78, 5) is 25.6. The van der Waals surface area contributed by atoms with Gasteiger partial charge in [-0.2, -0.15) is 0 Å². The number of anilines is 2. The minimum atomic E-state index is -0.262. The molecule has 2 amide bonds. The first-order valence-corrected chi connectivity index (χ1v) is 10.7. The molecule has 2 aliphatic rings. The summed E-state index contributed by atoms with van der Waals surface area (Å²) in [7, 11) is 2.07. The van der Waals surface area contributed by atoms with E-state index in [1.165, 1.54) is 0 Å². The molecule has 0 radical (unpaired) electrons. The van der Waals surface area contributed by atoms with Gasteiger partial charge in [-0.15, -0.1) is 0 Å². The Morgan fingerprint density at radius 2 is 2.07 bits per heavy atom. The van der Waals surface area contributed by atoms with Crippen molar-refractivity contribution in [2.24, 2.45) is 0 Å². The highest BCUT2D eigenvalue weighted by Gasteiger charge is 2.19. The molecule has 2 aliphatic heterocycles. The Morgan fingerprint density at radius 1 is 1.23 bits per heavy atom. The Labute approximate surface area is 181 Å². The summed E-state index contributed by atoms with van der Waals surface area (Å²) < 4.78 is 5.41. The van der Waals surface area contributed by atoms with Crippen LogP contribution in [0, 0.1) is 0 Å². The summed E-state index contributed by atoms with van der Waals surface area (Å²) in [6.45, 7) is 4.98. The van der Waals surface area contributed by atoms with Gasteiger partial charge in [0.25, 0.3) is 0 Å². The summed E-state index contributed by atoms with van der Waals surface area (Å²) in [5.41, 5.74) is 2.49. The number of halogens is 1. The standard InChI is InChI=1S/C21H27ClN6O2/c1-27-6-2-3-16(14-27)24-21(29)26-20-13-23-12-18(25-20)15-4-5-19(17(22)11-15)28-7-9-30-10-8-28/h4-5,11-13,16H,2-3,6-10,14H2,1H3,(H2,24,25,26,29)/t16-/m0/s1. The third-order valence-corrected chi connectivity index (χ3v) is 5.73. The van der Waals surface area contributed by atoms with Gasteiger partial charge in [0.2, 0.25) is 0 Å². The van der Waals surface area contributed by atoms with Crippen LogP contribution in [-0.2, 0) is 4.74 Å². The van der Waals surface area contributed by atoms with E-state index < -0.39 is 0 Å². The van der Waals surface area contributed by atoms with Crippen LogP contribution in [0.15, 0.2) is 30.6 Å². The van der Waals surface area contributed by atoms with E-state index in [-0.39, 0.29) is 12.1 Å². The fourth-order valence-electron chi connectivity index (χ4n) is 3.91. The predicted molar refractivity (Wildman–Crippen MR) is 118 cm³/mol. The maximum atomic E-state index is 12.4. The van der Waals surface area contributed by atoms with Gasteiger partial charge in [-0.25, -0.2) is 9.78 Å². The number of nitrogens with one attached hydrogen (secondary N) is 2. The zero-order valence-corrected chi connectivity index (χ0v) is 17.9. The quantitative estimate of drug-likeness (QED) is 0.776. The van der Waals surface area contributed by atoms with Crippen LogP contribution in [0.2, 0.25) is 5.02 Å². The number of benzene rings is 1. The zero-order valence-electron chi connectivity index (χ0n) is 17.1. The number of hydrogen-bond donors (Lipinski definition) is 2. The van der Waals surface area contributed by atoms with Crippen molar-refractivity contribution in [3.63, 3.8) is 0 Å². The number of carbonyl (C=O) groups excluding carboxylic acids is 1. The number of likely N-dealkylation sites (N-methyl/N-ethyl adjacent to an activating group) is 1. The van der Waals surface area contributed by atoms with Gasteiger partial charge in [0.15, 0.2) is 5.82 Å². The minimum Gasteiger partial charge on any atom is -0.378 e. The Hall–Kier alpha value is -2.42. The smallest absolute Gasteiger partial charge is 0.320 e. The fraction of sp³-hybridized carbons (Fsp3) is 0.476. The number of amides is 2. The SMILES string of the molecule is CN1CCC[C@H](NC(=O)Nc2cncc(-c3ccc(N4CCOCC4)c(Cl)c3)n2)C1. The molecule has 4 rings (SSSR count). The molecular formula is C21H27ClN6O2. The third kappa shape index (κ3) is 5.19. The normalized spacial score (nSPS) is 20.1. The fourth-order valence-corrected chi connectivity index (χ4v) is 4.21. The number of morpholine rings is 1. The highest BCUT2D eigenvalue weighted by molar-refractivity contribution is 6.33.